The van der Waals surface area contributed by atoms with E-state index in [1.54, 1.807) is 13.1 Å². The van der Waals surface area contributed by atoms with Gasteiger partial charge >= 0.3 is 0 Å². The summed E-state index contributed by atoms with van der Waals surface area (Å²) in [6.45, 7) is 2.39. The van der Waals surface area contributed by atoms with Gasteiger partial charge in [-0.3, -0.25) is 4.79 Å². The van der Waals surface area contributed by atoms with Crippen LogP contribution in [0.2, 0.25) is 0 Å². The number of carbonyl (C=O) groups excluding carboxylic acids is 1. The van der Waals surface area contributed by atoms with Crippen molar-refractivity contribution in [3.63, 3.8) is 0 Å². The number of benzene rings is 1. The molecule has 0 saturated carbocycles. The van der Waals surface area contributed by atoms with Crippen LogP contribution in [0, 0.1) is 17.1 Å². The van der Waals surface area contributed by atoms with E-state index >= 15 is 0 Å². The predicted molar refractivity (Wildman–Crippen MR) is 53.7 cm³/mol. The van der Waals surface area contributed by atoms with Crippen LogP contribution >= 0.6 is 0 Å². The van der Waals surface area contributed by atoms with Crippen molar-refractivity contribution in [2.45, 2.75) is 6.92 Å². The molecule has 0 bridgehead atoms. The van der Waals surface area contributed by atoms with Crippen molar-refractivity contribution in [1.29, 1.82) is 5.26 Å². The van der Waals surface area contributed by atoms with Gasteiger partial charge in [0.05, 0.1) is 5.56 Å². The summed E-state index contributed by atoms with van der Waals surface area (Å²) in [5.74, 6) is -0.909. The fourth-order valence-electron chi connectivity index (χ4n) is 1.10. The standard InChI is InChI=1S/C11H11FN2O/c1-3-14(2)11(15)8-4-5-9(7-13)10(12)6-8/h4-6H,3H2,1-2H3. The highest BCUT2D eigenvalue weighted by Gasteiger charge is 2.12. The number of nitrogens with zero attached hydrogens (tertiary/aromatic N) is 2. The summed E-state index contributed by atoms with van der Waals surface area (Å²) in [5.41, 5.74) is 0.210. The first kappa shape index (κ1) is 11.2. The molecule has 1 rings (SSSR count). The van der Waals surface area contributed by atoms with E-state index in [9.17, 15) is 9.18 Å². The fourth-order valence-corrected chi connectivity index (χ4v) is 1.10. The first-order valence-corrected chi connectivity index (χ1v) is 4.55. The van der Waals surface area contributed by atoms with Crippen molar-refractivity contribution in [3.05, 3.63) is 35.1 Å². The van der Waals surface area contributed by atoms with E-state index in [0.29, 0.717) is 6.54 Å². The number of halogens is 1. The minimum atomic E-state index is -0.659. The van der Waals surface area contributed by atoms with Crippen LogP contribution in [0.4, 0.5) is 4.39 Å². The van der Waals surface area contributed by atoms with Gasteiger partial charge in [0.25, 0.3) is 5.91 Å². The number of hydrogen-bond donors (Lipinski definition) is 0. The molecule has 0 aromatic heterocycles. The molecule has 1 aromatic rings. The van der Waals surface area contributed by atoms with Crippen LogP contribution in [0.3, 0.4) is 0 Å². The zero-order valence-electron chi connectivity index (χ0n) is 8.62. The molecule has 0 N–H and O–H groups in total. The average Bonchev–Trinajstić information content (AvgIpc) is 2.26. The number of carbonyl (C=O) groups is 1. The van der Waals surface area contributed by atoms with Crippen LogP contribution in [-0.2, 0) is 0 Å². The van der Waals surface area contributed by atoms with Crippen molar-refractivity contribution >= 4 is 5.91 Å². The molecule has 0 spiro atoms. The van der Waals surface area contributed by atoms with Crippen LogP contribution in [0.25, 0.3) is 0 Å². The first-order chi connectivity index (χ1) is 7.10. The van der Waals surface area contributed by atoms with Crippen LogP contribution in [0.5, 0.6) is 0 Å². The summed E-state index contributed by atoms with van der Waals surface area (Å²) in [5, 5.41) is 8.52. The molecular weight excluding hydrogens is 195 g/mol. The van der Waals surface area contributed by atoms with Gasteiger partial charge in [0.1, 0.15) is 11.9 Å². The first-order valence-electron chi connectivity index (χ1n) is 4.55. The van der Waals surface area contributed by atoms with E-state index in [0.717, 1.165) is 6.07 Å². The molecule has 0 atom stereocenters. The number of amides is 1. The monoisotopic (exact) mass is 206 g/mol. The van der Waals surface area contributed by atoms with Crippen molar-refractivity contribution in [3.8, 4) is 6.07 Å². The van der Waals surface area contributed by atoms with Crippen LogP contribution < -0.4 is 0 Å². The smallest absolute Gasteiger partial charge is 0.253 e. The minimum absolute atomic E-state index is 0.0503. The minimum Gasteiger partial charge on any atom is -0.342 e. The Morgan fingerprint density at radius 1 is 1.60 bits per heavy atom. The van der Waals surface area contributed by atoms with Crippen molar-refractivity contribution in [2.24, 2.45) is 0 Å². The lowest BCUT2D eigenvalue weighted by Gasteiger charge is -2.14. The summed E-state index contributed by atoms with van der Waals surface area (Å²) >= 11 is 0. The van der Waals surface area contributed by atoms with Crippen LogP contribution in [0.15, 0.2) is 18.2 Å². The van der Waals surface area contributed by atoms with E-state index in [2.05, 4.69) is 0 Å². The van der Waals surface area contributed by atoms with Crippen LogP contribution in [0.1, 0.15) is 22.8 Å². The van der Waals surface area contributed by atoms with Gasteiger partial charge in [-0.2, -0.15) is 5.26 Å². The molecule has 15 heavy (non-hydrogen) atoms. The molecule has 1 amide bonds. The Labute approximate surface area is 87.7 Å². The Balaban J connectivity index is 3.04. The molecule has 0 aliphatic heterocycles. The lowest BCUT2D eigenvalue weighted by molar-refractivity contribution is 0.0802. The van der Waals surface area contributed by atoms with Crippen LogP contribution in [-0.4, -0.2) is 24.4 Å². The molecule has 0 aliphatic carbocycles. The molecule has 3 nitrogen and oxygen atoms in total. The van der Waals surface area contributed by atoms with Crippen molar-refractivity contribution < 1.29 is 9.18 Å². The van der Waals surface area contributed by atoms with E-state index < -0.39 is 5.82 Å². The van der Waals surface area contributed by atoms with Gasteiger partial charge in [0, 0.05) is 19.2 Å². The zero-order valence-corrected chi connectivity index (χ0v) is 8.62. The molecule has 0 aliphatic rings. The Morgan fingerprint density at radius 3 is 2.73 bits per heavy atom. The Bertz CT molecular complexity index is 423. The van der Waals surface area contributed by atoms with Gasteiger partial charge < -0.3 is 4.90 Å². The maximum Gasteiger partial charge on any atom is 0.253 e. The number of hydrogen-bond acceptors (Lipinski definition) is 2. The maximum atomic E-state index is 13.2. The number of nitriles is 1. The molecule has 1 aromatic carbocycles. The third kappa shape index (κ3) is 2.32. The summed E-state index contributed by atoms with van der Waals surface area (Å²) in [6.07, 6.45) is 0. The van der Waals surface area contributed by atoms with Gasteiger partial charge in [-0.15, -0.1) is 0 Å². The summed E-state index contributed by atoms with van der Waals surface area (Å²) < 4.78 is 13.2. The summed E-state index contributed by atoms with van der Waals surface area (Å²) in [4.78, 5) is 13.1. The quantitative estimate of drug-likeness (QED) is 0.740. The lowest BCUT2D eigenvalue weighted by Crippen LogP contribution is -2.26. The number of rotatable bonds is 2. The molecule has 78 valence electrons. The molecular formula is C11H11FN2O. The summed E-state index contributed by atoms with van der Waals surface area (Å²) in [7, 11) is 1.64. The molecule has 0 fully saturated rings. The SMILES string of the molecule is CCN(C)C(=O)c1ccc(C#N)c(F)c1. The summed E-state index contributed by atoms with van der Waals surface area (Å²) in [6, 6.07) is 5.56. The zero-order chi connectivity index (χ0) is 11.4. The molecule has 0 unspecified atom stereocenters. The predicted octanol–water partition coefficient (Wildman–Crippen LogP) is 1.79. The third-order valence-corrected chi connectivity index (χ3v) is 2.16. The van der Waals surface area contributed by atoms with Gasteiger partial charge in [-0.05, 0) is 25.1 Å². The lowest BCUT2D eigenvalue weighted by atomic mass is 10.1. The largest absolute Gasteiger partial charge is 0.342 e. The van der Waals surface area contributed by atoms with Gasteiger partial charge in [0.2, 0.25) is 0 Å². The van der Waals surface area contributed by atoms with Gasteiger partial charge in [-0.1, -0.05) is 0 Å². The molecule has 4 heteroatoms. The van der Waals surface area contributed by atoms with E-state index in [1.165, 1.54) is 17.0 Å². The topological polar surface area (TPSA) is 44.1 Å². The van der Waals surface area contributed by atoms with Gasteiger partial charge in [-0.25, -0.2) is 4.39 Å². The normalized spacial score (nSPS) is 9.47. The second-order valence-electron chi connectivity index (χ2n) is 3.13. The van der Waals surface area contributed by atoms with E-state index in [1.807, 2.05) is 6.92 Å². The average molecular weight is 206 g/mol. The van der Waals surface area contributed by atoms with Crippen molar-refractivity contribution in [2.75, 3.05) is 13.6 Å². The Kier molecular flexibility index (Phi) is 3.40. The second kappa shape index (κ2) is 4.56. The highest BCUT2D eigenvalue weighted by Crippen LogP contribution is 2.10. The van der Waals surface area contributed by atoms with Crippen molar-refractivity contribution in [1.82, 2.24) is 4.90 Å². The molecule has 0 saturated heterocycles. The third-order valence-electron chi connectivity index (χ3n) is 2.16. The second-order valence-corrected chi connectivity index (χ2v) is 3.13. The highest BCUT2D eigenvalue weighted by atomic mass is 19.1. The molecule has 0 heterocycles. The Hall–Kier alpha value is -1.89. The molecule has 0 radical (unpaired) electrons. The maximum absolute atomic E-state index is 13.2. The van der Waals surface area contributed by atoms with E-state index in [4.69, 9.17) is 5.26 Å². The fraction of sp³-hybridized carbons (Fsp3) is 0.273. The Morgan fingerprint density at radius 2 is 2.27 bits per heavy atom. The highest BCUT2D eigenvalue weighted by molar-refractivity contribution is 5.94. The van der Waals surface area contributed by atoms with E-state index in [-0.39, 0.29) is 17.0 Å². The van der Waals surface area contributed by atoms with Gasteiger partial charge in [0.15, 0.2) is 0 Å².